The molecule has 19 heavy (non-hydrogen) atoms. The van der Waals surface area contributed by atoms with Crippen molar-refractivity contribution < 1.29 is 22.7 Å². The van der Waals surface area contributed by atoms with E-state index in [9.17, 15) is 18.0 Å². The van der Waals surface area contributed by atoms with E-state index >= 15 is 0 Å². The number of alkyl halides is 3. The predicted molar refractivity (Wildman–Crippen MR) is 64.9 cm³/mol. The van der Waals surface area contributed by atoms with E-state index in [1.54, 1.807) is 16.2 Å². The summed E-state index contributed by atoms with van der Waals surface area (Å²) in [6.45, 7) is -1.31. The lowest BCUT2D eigenvalue weighted by atomic mass is 10.2. The molecule has 106 valence electrons. The number of hydrogen-bond donors (Lipinski definition) is 0. The predicted octanol–water partition coefficient (Wildman–Crippen LogP) is 2.99. The zero-order chi connectivity index (χ0) is 13.9. The molecule has 1 aromatic heterocycles. The molecule has 1 fully saturated rings. The summed E-state index contributed by atoms with van der Waals surface area (Å²) in [7, 11) is 0. The first-order chi connectivity index (χ1) is 8.97. The van der Waals surface area contributed by atoms with Crippen molar-refractivity contribution >= 4 is 17.2 Å². The fourth-order valence-electron chi connectivity index (χ4n) is 2.18. The Bertz CT molecular complexity index is 419. The van der Waals surface area contributed by atoms with Crippen LogP contribution in [0.3, 0.4) is 0 Å². The van der Waals surface area contributed by atoms with Crippen LogP contribution in [0.1, 0.15) is 23.8 Å². The molecule has 1 aromatic rings. The van der Waals surface area contributed by atoms with E-state index in [2.05, 4.69) is 4.74 Å². The Morgan fingerprint density at radius 2 is 2.32 bits per heavy atom. The molecular weight excluding hydrogens is 279 g/mol. The summed E-state index contributed by atoms with van der Waals surface area (Å²) in [4.78, 5) is 14.6. The van der Waals surface area contributed by atoms with Gasteiger partial charge in [0, 0.05) is 11.4 Å². The Morgan fingerprint density at radius 3 is 2.95 bits per heavy atom. The van der Waals surface area contributed by atoms with E-state index < -0.39 is 19.4 Å². The molecule has 7 heteroatoms. The number of likely N-dealkylation sites (tertiary alicyclic amines) is 1. The van der Waals surface area contributed by atoms with Crippen LogP contribution in [0.4, 0.5) is 13.2 Å². The third kappa shape index (κ3) is 3.94. The summed E-state index contributed by atoms with van der Waals surface area (Å²) in [5, 5.41) is 1.93. The molecule has 0 unspecified atom stereocenters. The number of nitrogens with zero attached hydrogens (tertiary/aromatic N) is 1. The highest BCUT2D eigenvalue weighted by Gasteiger charge is 2.32. The topological polar surface area (TPSA) is 29.5 Å². The fourth-order valence-corrected chi connectivity index (χ4v) is 3.05. The monoisotopic (exact) mass is 293 g/mol. The summed E-state index contributed by atoms with van der Waals surface area (Å²) in [6.07, 6.45) is -2.67. The number of halogens is 3. The second-order valence-electron chi connectivity index (χ2n) is 4.37. The van der Waals surface area contributed by atoms with Crippen molar-refractivity contribution in [2.24, 2.45) is 0 Å². The molecule has 0 saturated carbocycles. The van der Waals surface area contributed by atoms with Crippen molar-refractivity contribution in [2.45, 2.75) is 25.1 Å². The molecule has 2 heterocycles. The maximum Gasteiger partial charge on any atom is 0.411 e. The van der Waals surface area contributed by atoms with Gasteiger partial charge in [-0.1, -0.05) is 6.07 Å². The summed E-state index contributed by atoms with van der Waals surface area (Å²) >= 11 is 1.55. The maximum atomic E-state index is 11.9. The largest absolute Gasteiger partial charge is 0.411 e. The lowest BCUT2D eigenvalue weighted by Crippen LogP contribution is -2.34. The number of thiophene rings is 1. The normalized spacial score (nSPS) is 19.9. The second kappa shape index (κ2) is 5.92. The van der Waals surface area contributed by atoms with Gasteiger partial charge in [-0.15, -0.1) is 11.3 Å². The van der Waals surface area contributed by atoms with Crippen molar-refractivity contribution in [3.8, 4) is 0 Å². The van der Waals surface area contributed by atoms with Gasteiger partial charge >= 0.3 is 6.18 Å². The van der Waals surface area contributed by atoms with Gasteiger partial charge in [-0.2, -0.15) is 13.2 Å². The quantitative estimate of drug-likeness (QED) is 0.854. The maximum absolute atomic E-state index is 11.9. The van der Waals surface area contributed by atoms with Gasteiger partial charge in [0.15, 0.2) is 0 Å². The number of hydrogen-bond acceptors (Lipinski definition) is 3. The molecule has 0 spiro atoms. The first-order valence-corrected chi connectivity index (χ1v) is 6.83. The van der Waals surface area contributed by atoms with Gasteiger partial charge in [-0.25, -0.2) is 0 Å². The van der Waals surface area contributed by atoms with Crippen molar-refractivity contribution in [3.05, 3.63) is 22.4 Å². The van der Waals surface area contributed by atoms with E-state index in [1.165, 1.54) is 0 Å². The average Bonchev–Trinajstić information content (AvgIpc) is 2.97. The van der Waals surface area contributed by atoms with Gasteiger partial charge in [-0.05, 0) is 24.3 Å². The number of carbonyl (C=O) groups is 1. The Morgan fingerprint density at radius 1 is 1.53 bits per heavy atom. The van der Waals surface area contributed by atoms with Crippen molar-refractivity contribution in [3.63, 3.8) is 0 Å². The van der Waals surface area contributed by atoms with Crippen LogP contribution in [-0.2, 0) is 9.53 Å². The van der Waals surface area contributed by atoms with Gasteiger partial charge < -0.3 is 9.64 Å². The summed E-state index contributed by atoms with van der Waals surface area (Å²) in [5.41, 5.74) is 0. The van der Waals surface area contributed by atoms with E-state index in [4.69, 9.17) is 0 Å². The Balaban J connectivity index is 1.88. The minimum absolute atomic E-state index is 0.0120. The molecule has 0 N–H and O–H groups in total. The fraction of sp³-hybridized carbons (Fsp3) is 0.583. The molecule has 1 saturated heterocycles. The molecule has 0 bridgehead atoms. The van der Waals surface area contributed by atoms with Crippen LogP contribution in [0.2, 0.25) is 0 Å². The van der Waals surface area contributed by atoms with Crippen LogP contribution in [-0.4, -0.2) is 36.7 Å². The minimum atomic E-state index is -4.39. The molecule has 3 nitrogen and oxygen atoms in total. The first kappa shape index (κ1) is 14.3. The van der Waals surface area contributed by atoms with Gasteiger partial charge in [0.25, 0.3) is 0 Å². The van der Waals surface area contributed by atoms with Gasteiger partial charge in [0.2, 0.25) is 5.91 Å². The number of rotatable bonds is 4. The van der Waals surface area contributed by atoms with Crippen molar-refractivity contribution in [1.82, 2.24) is 4.90 Å². The Labute approximate surface area is 113 Å². The van der Waals surface area contributed by atoms with Crippen LogP contribution in [0.5, 0.6) is 0 Å². The average molecular weight is 293 g/mol. The number of ether oxygens (including phenoxy) is 1. The highest BCUT2D eigenvalue weighted by Crippen LogP contribution is 2.34. The van der Waals surface area contributed by atoms with Crippen molar-refractivity contribution in [2.75, 3.05) is 19.8 Å². The van der Waals surface area contributed by atoms with Crippen molar-refractivity contribution in [1.29, 1.82) is 0 Å². The SMILES string of the molecule is O=C(COCC(F)(F)F)N1CCC[C@H]1c1cccs1. The van der Waals surface area contributed by atoms with Crippen LogP contribution >= 0.6 is 11.3 Å². The zero-order valence-corrected chi connectivity index (χ0v) is 11.0. The third-order valence-corrected chi connectivity index (χ3v) is 3.91. The van der Waals surface area contributed by atoms with E-state index in [0.717, 1.165) is 17.7 Å². The van der Waals surface area contributed by atoms with Crippen LogP contribution in [0.25, 0.3) is 0 Å². The summed E-state index contributed by atoms with van der Waals surface area (Å²) < 4.78 is 40.2. The smallest absolute Gasteiger partial charge is 0.362 e. The summed E-state index contributed by atoms with van der Waals surface area (Å²) in [5.74, 6) is -0.375. The highest BCUT2D eigenvalue weighted by molar-refractivity contribution is 7.10. The molecule has 1 atom stereocenters. The van der Waals surface area contributed by atoms with Gasteiger partial charge in [0.1, 0.15) is 13.2 Å². The lowest BCUT2D eigenvalue weighted by Gasteiger charge is -2.24. The molecule has 0 aromatic carbocycles. The standard InChI is InChI=1S/C12H14F3NO2S/c13-12(14,15)8-18-7-11(17)16-5-1-3-9(16)10-4-2-6-19-10/h2,4,6,9H,1,3,5,7-8H2/t9-/m0/s1. The Hall–Kier alpha value is -1.08. The molecule has 1 amide bonds. The highest BCUT2D eigenvalue weighted by atomic mass is 32.1. The molecule has 1 aliphatic rings. The number of carbonyl (C=O) groups excluding carboxylic acids is 1. The summed E-state index contributed by atoms with van der Waals surface area (Å²) in [6, 6.07) is 3.83. The second-order valence-corrected chi connectivity index (χ2v) is 5.35. The zero-order valence-electron chi connectivity index (χ0n) is 10.2. The van der Waals surface area contributed by atoms with Crippen LogP contribution in [0, 0.1) is 0 Å². The first-order valence-electron chi connectivity index (χ1n) is 5.95. The van der Waals surface area contributed by atoms with E-state index in [-0.39, 0.29) is 11.9 Å². The number of amides is 1. The molecule has 1 aliphatic heterocycles. The minimum Gasteiger partial charge on any atom is -0.362 e. The van der Waals surface area contributed by atoms with Crippen LogP contribution < -0.4 is 0 Å². The van der Waals surface area contributed by atoms with Crippen LogP contribution in [0.15, 0.2) is 17.5 Å². The van der Waals surface area contributed by atoms with Gasteiger partial charge in [-0.3, -0.25) is 4.79 Å². The Kier molecular flexibility index (Phi) is 4.46. The third-order valence-electron chi connectivity index (χ3n) is 2.94. The molecule has 2 rings (SSSR count). The lowest BCUT2D eigenvalue weighted by molar-refractivity contribution is -0.178. The van der Waals surface area contributed by atoms with E-state index in [0.29, 0.717) is 6.54 Å². The molecule has 0 radical (unpaired) electrons. The molecule has 0 aliphatic carbocycles. The van der Waals surface area contributed by atoms with Gasteiger partial charge in [0.05, 0.1) is 6.04 Å². The molecular formula is C12H14F3NO2S. The van der Waals surface area contributed by atoms with E-state index in [1.807, 2.05) is 17.5 Å².